The summed E-state index contributed by atoms with van der Waals surface area (Å²) in [6, 6.07) is 25.1. The zero-order valence-corrected chi connectivity index (χ0v) is 26.1. The average molecular weight is 621 g/mol. The topological polar surface area (TPSA) is 149 Å². The van der Waals surface area contributed by atoms with E-state index in [9.17, 15) is 24.4 Å². The summed E-state index contributed by atoms with van der Waals surface area (Å²) >= 11 is 0. The van der Waals surface area contributed by atoms with Gasteiger partial charge in [-0.15, -0.1) is 0 Å². The number of nitrogens with one attached hydrogen (secondary N) is 2. The van der Waals surface area contributed by atoms with Gasteiger partial charge in [-0.05, 0) is 48.6 Å². The number of likely N-dealkylation sites (N-methyl/N-ethyl adjacent to an activating group) is 1. The number of rotatable bonds is 9. The third-order valence-corrected chi connectivity index (χ3v) is 9.07. The first-order valence-electron chi connectivity index (χ1n) is 15.7. The number of carbonyl (C=O) groups is 4. The Labute approximate surface area is 269 Å². The third-order valence-electron chi connectivity index (χ3n) is 9.07. The van der Waals surface area contributed by atoms with Crippen molar-refractivity contribution < 1.29 is 19.2 Å². The Bertz CT molecular complexity index is 1610. The van der Waals surface area contributed by atoms with Crippen molar-refractivity contribution >= 4 is 23.6 Å². The number of nitrogens with zero attached hydrogens (tertiary/aromatic N) is 3. The molecule has 0 spiro atoms. The lowest BCUT2D eigenvalue weighted by molar-refractivity contribution is -0.147. The van der Waals surface area contributed by atoms with Crippen LogP contribution in [0.5, 0.6) is 0 Å². The molecule has 238 valence electrons. The summed E-state index contributed by atoms with van der Waals surface area (Å²) < 4.78 is 0. The predicted octanol–water partition coefficient (Wildman–Crippen LogP) is 2.45. The maximum absolute atomic E-state index is 14.6. The van der Waals surface area contributed by atoms with Crippen molar-refractivity contribution in [1.82, 2.24) is 20.4 Å². The van der Waals surface area contributed by atoms with Crippen molar-refractivity contribution in [2.75, 3.05) is 20.1 Å². The number of amides is 4. The van der Waals surface area contributed by atoms with Gasteiger partial charge in [0.2, 0.25) is 23.6 Å². The first-order valence-corrected chi connectivity index (χ1v) is 15.7. The predicted molar refractivity (Wildman–Crippen MR) is 173 cm³/mol. The molecule has 2 fully saturated rings. The SMILES string of the molecule is CNC(=O)C1CC(c2ccccc2)CN1C(=O)[C@@H]1C[C@H](c2ccccc2)CN1C(=O)[C@H](Cc1cccc(C#N)c1)NC(=O)[C@H](C)N. The van der Waals surface area contributed by atoms with E-state index in [0.717, 1.165) is 11.1 Å². The Morgan fingerprint density at radius 3 is 2.02 bits per heavy atom. The Kier molecular flexibility index (Phi) is 10.1. The molecule has 10 heteroatoms. The fourth-order valence-electron chi connectivity index (χ4n) is 6.64. The molecule has 10 nitrogen and oxygen atoms in total. The van der Waals surface area contributed by atoms with Crippen LogP contribution in [0.3, 0.4) is 0 Å². The fourth-order valence-corrected chi connectivity index (χ4v) is 6.64. The minimum atomic E-state index is -1.03. The van der Waals surface area contributed by atoms with Gasteiger partial charge in [0, 0.05) is 38.4 Å². The summed E-state index contributed by atoms with van der Waals surface area (Å²) in [5.41, 5.74) is 9.04. The van der Waals surface area contributed by atoms with Gasteiger partial charge < -0.3 is 26.2 Å². The highest BCUT2D eigenvalue weighted by Gasteiger charge is 2.48. The smallest absolute Gasteiger partial charge is 0.246 e. The molecular formula is C36H40N6O4. The number of nitrogens with two attached hydrogens (primary N) is 1. The van der Waals surface area contributed by atoms with Gasteiger partial charge in [-0.25, -0.2) is 0 Å². The summed E-state index contributed by atoms with van der Waals surface area (Å²) in [5, 5.41) is 14.9. The standard InChI is InChI=1S/C36H40N6O4/c1-23(38)33(43)40-30(17-24-10-9-11-25(16-24)20-37)35(45)42-22-29(27-14-7-4-8-15-27)19-32(42)36(46)41-21-28(18-31(41)34(44)39-2)26-12-5-3-6-13-26/h3-16,23,28-32H,17-19,21-22,38H2,1-2H3,(H,39,44)(H,40,43)/t23-,28?,29-,30-,31?,32-/m0/s1. The normalized spacial score (nSPS) is 22.0. The van der Waals surface area contributed by atoms with Crippen LogP contribution in [0.2, 0.25) is 0 Å². The van der Waals surface area contributed by atoms with E-state index in [1.54, 1.807) is 41.1 Å². The van der Waals surface area contributed by atoms with Crippen molar-refractivity contribution in [2.24, 2.45) is 5.73 Å². The van der Waals surface area contributed by atoms with Crippen LogP contribution < -0.4 is 16.4 Å². The second kappa shape index (κ2) is 14.4. The van der Waals surface area contributed by atoms with Crippen LogP contribution >= 0.6 is 0 Å². The van der Waals surface area contributed by atoms with Crippen LogP contribution in [0, 0.1) is 11.3 Å². The van der Waals surface area contributed by atoms with E-state index >= 15 is 0 Å². The van der Waals surface area contributed by atoms with Crippen molar-refractivity contribution in [3.8, 4) is 6.07 Å². The van der Waals surface area contributed by atoms with Gasteiger partial charge in [-0.2, -0.15) is 5.26 Å². The fraction of sp³-hybridized carbons (Fsp3) is 0.361. The highest BCUT2D eigenvalue weighted by atomic mass is 16.2. The molecule has 4 amide bonds. The molecule has 0 aromatic heterocycles. The third kappa shape index (κ3) is 7.11. The molecule has 0 saturated carbocycles. The monoisotopic (exact) mass is 620 g/mol. The number of likely N-dealkylation sites (tertiary alicyclic amines) is 2. The minimum Gasteiger partial charge on any atom is -0.357 e. The molecular weight excluding hydrogens is 580 g/mol. The molecule has 2 heterocycles. The molecule has 0 bridgehead atoms. The molecule has 3 aromatic rings. The Morgan fingerprint density at radius 2 is 1.46 bits per heavy atom. The first-order chi connectivity index (χ1) is 22.2. The van der Waals surface area contributed by atoms with Crippen molar-refractivity contribution in [3.63, 3.8) is 0 Å². The Balaban J connectivity index is 1.49. The van der Waals surface area contributed by atoms with Crippen LogP contribution in [0.1, 0.15) is 53.9 Å². The van der Waals surface area contributed by atoms with Crippen LogP contribution in [0.4, 0.5) is 0 Å². The number of benzene rings is 3. The second-order valence-corrected chi connectivity index (χ2v) is 12.2. The van der Waals surface area contributed by atoms with Crippen LogP contribution in [-0.2, 0) is 25.6 Å². The van der Waals surface area contributed by atoms with Gasteiger partial charge >= 0.3 is 0 Å². The number of carbonyl (C=O) groups excluding carboxylic acids is 4. The number of nitriles is 1. The molecule has 3 aromatic carbocycles. The number of hydrogen-bond acceptors (Lipinski definition) is 6. The van der Waals surface area contributed by atoms with Crippen molar-refractivity contribution in [3.05, 3.63) is 107 Å². The zero-order valence-electron chi connectivity index (χ0n) is 26.1. The van der Waals surface area contributed by atoms with Gasteiger partial charge in [0.1, 0.15) is 18.1 Å². The molecule has 6 atom stereocenters. The van der Waals surface area contributed by atoms with E-state index in [1.807, 2.05) is 60.7 Å². The van der Waals surface area contributed by atoms with Crippen molar-refractivity contribution in [1.29, 1.82) is 5.26 Å². The molecule has 2 saturated heterocycles. The van der Waals surface area contributed by atoms with E-state index < -0.39 is 36.0 Å². The first kappa shape index (κ1) is 32.4. The average Bonchev–Trinajstić information content (AvgIpc) is 3.74. The molecule has 4 N–H and O–H groups in total. The zero-order chi connectivity index (χ0) is 32.8. The Morgan fingerprint density at radius 1 is 0.870 bits per heavy atom. The second-order valence-electron chi connectivity index (χ2n) is 12.2. The van der Waals surface area contributed by atoms with Gasteiger partial charge in [0.15, 0.2) is 0 Å². The van der Waals surface area contributed by atoms with Crippen LogP contribution in [0.25, 0.3) is 0 Å². The summed E-state index contributed by atoms with van der Waals surface area (Å²) in [6.07, 6.45) is 0.959. The Hall–Kier alpha value is -5.01. The summed E-state index contributed by atoms with van der Waals surface area (Å²) in [4.78, 5) is 58.2. The van der Waals surface area contributed by atoms with Crippen LogP contribution in [-0.4, -0.2) is 77.7 Å². The van der Waals surface area contributed by atoms with Gasteiger partial charge in [-0.1, -0.05) is 72.8 Å². The van der Waals surface area contributed by atoms with E-state index in [0.29, 0.717) is 30.5 Å². The minimum absolute atomic E-state index is 0.0339. The lowest BCUT2D eigenvalue weighted by Gasteiger charge is -2.33. The maximum Gasteiger partial charge on any atom is 0.246 e. The summed E-state index contributed by atoms with van der Waals surface area (Å²) in [6.45, 7) is 2.15. The van der Waals surface area contributed by atoms with E-state index in [-0.39, 0.29) is 36.6 Å². The summed E-state index contributed by atoms with van der Waals surface area (Å²) in [5.74, 6) is -1.61. The molecule has 46 heavy (non-hydrogen) atoms. The van der Waals surface area contributed by atoms with Crippen LogP contribution in [0.15, 0.2) is 84.9 Å². The van der Waals surface area contributed by atoms with Gasteiger partial charge in [-0.3, -0.25) is 19.2 Å². The van der Waals surface area contributed by atoms with Gasteiger partial charge in [0.25, 0.3) is 0 Å². The molecule has 2 aliphatic rings. The lowest BCUT2D eigenvalue weighted by atomic mass is 9.96. The van der Waals surface area contributed by atoms with E-state index in [2.05, 4.69) is 16.7 Å². The highest BCUT2D eigenvalue weighted by Crippen LogP contribution is 2.37. The largest absolute Gasteiger partial charge is 0.357 e. The highest BCUT2D eigenvalue weighted by molar-refractivity contribution is 5.96. The lowest BCUT2D eigenvalue weighted by Crippen LogP contribution is -2.57. The van der Waals surface area contributed by atoms with E-state index in [1.165, 1.54) is 6.92 Å². The molecule has 0 radical (unpaired) electrons. The van der Waals surface area contributed by atoms with Crippen molar-refractivity contribution in [2.45, 2.75) is 62.2 Å². The number of hydrogen-bond donors (Lipinski definition) is 3. The quantitative estimate of drug-likeness (QED) is 0.335. The molecule has 5 rings (SSSR count). The summed E-state index contributed by atoms with van der Waals surface area (Å²) in [7, 11) is 1.56. The van der Waals surface area contributed by atoms with E-state index in [4.69, 9.17) is 5.73 Å². The van der Waals surface area contributed by atoms with Gasteiger partial charge in [0.05, 0.1) is 17.7 Å². The maximum atomic E-state index is 14.6. The molecule has 2 unspecified atom stereocenters. The molecule has 2 aliphatic heterocycles. The molecule has 0 aliphatic carbocycles.